The van der Waals surface area contributed by atoms with Gasteiger partial charge in [0.1, 0.15) is 0 Å². The van der Waals surface area contributed by atoms with Crippen molar-refractivity contribution in [2.45, 2.75) is 24.7 Å². The van der Waals surface area contributed by atoms with Crippen LogP contribution in [0.15, 0.2) is 18.2 Å². The van der Waals surface area contributed by atoms with E-state index in [1.807, 2.05) is 0 Å². The second-order valence-electron chi connectivity index (χ2n) is 4.43. The molecule has 3 nitrogen and oxygen atoms in total. The highest BCUT2D eigenvalue weighted by Gasteiger charge is 2.24. The van der Waals surface area contributed by atoms with Gasteiger partial charge in [-0.25, -0.2) is 8.42 Å². The first-order chi connectivity index (χ1) is 8.46. The minimum absolute atomic E-state index is 0.0615. The highest BCUT2D eigenvalue weighted by molar-refractivity contribution is 7.90. The average molecular weight is 309 g/mol. The van der Waals surface area contributed by atoms with Crippen LogP contribution in [0, 0.1) is 0 Å². The van der Waals surface area contributed by atoms with Crippen LogP contribution in [0.2, 0.25) is 10.0 Å². The SMILES string of the molecule is O=S(=O)(Cc1ccc(Cl)cc1Cl)CC1CCCO1. The highest BCUT2D eigenvalue weighted by atomic mass is 35.5. The van der Waals surface area contributed by atoms with E-state index in [0.717, 1.165) is 12.8 Å². The van der Waals surface area contributed by atoms with Crippen molar-refractivity contribution >= 4 is 33.0 Å². The van der Waals surface area contributed by atoms with E-state index in [-0.39, 0.29) is 17.6 Å². The van der Waals surface area contributed by atoms with E-state index in [0.29, 0.717) is 22.2 Å². The number of halogens is 2. The summed E-state index contributed by atoms with van der Waals surface area (Å²) in [6, 6.07) is 4.85. The van der Waals surface area contributed by atoms with Gasteiger partial charge in [0.25, 0.3) is 0 Å². The topological polar surface area (TPSA) is 43.4 Å². The highest BCUT2D eigenvalue weighted by Crippen LogP contribution is 2.24. The predicted octanol–water partition coefficient (Wildman–Crippen LogP) is 3.09. The molecule has 1 saturated heterocycles. The summed E-state index contributed by atoms with van der Waals surface area (Å²) in [4.78, 5) is 0. The third-order valence-electron chi connectivity index (χ3n) is 2.85. The fraction of sp³-hybridized carbons (Fsp3) is 0.500. The molecule has 2 rings (SSSR count). The number of hydrogen-bond donors (Lipinski definition) is 0. The molecule has 0 radical (unpaired) electrons. The van der Waals surface area contributed by atoms with Crippen LogP contribution >= 0.6 is 23.2 Å². The zero-order chi connectivity index (χ0) is 13.2. The van der Waals surface area contributed by atoms with Gasteiger partial charge in [0.05, 0.1) is 17.6 Å². The molecule has 1 aromatic carbocycles. The van der Waals surface area contributed by atoms with Crippen molar-refractivity contribution in [3.05, 3.63) is 33.8 Å². The lowest BCUT2D eigenvalue weighted by molar-refractivity contribution is 0.127. The molecule has 1 aromatic rings. The van der Waals surface area contributed by atoms with Gasteiger partial charge in [-0.3, -0.25) is 0 Å². The van der Waals surface area contributed by atoms with Gasteiger partial charge in [0.2, 0.25) is 0 Å². The predicted molar refractivity (Wildman–Crippen MR) is 72.9 cm³/mol. The summed E-state index contributed by atoms with van der Waals surface area (Å²) in [5, 5.41) is 0.888. The van der Waals surface area contributed by atoms with Crippen molar-refractivity contribution in [1.82, 2.24) is 0 Å². The summed E-state index contributed by atoms with van der Waals surface area (Å²) in [6.07, 6.45) is 1.58. The van der Waals surface area contributed by atoms with Crippen LogP contribution in [0.3, 0.4) is 0 Å². The third-order valence-corrected chi connectivity index (χ3v) is 5.07. The monoisotopic (exact) mass is 308 g/mol. The fourth-order valence-electron chi connectivity index (χ4n) is 1.99. The Hall–Kier alpha value is -0.290. The summed E-state index contributed by atoms with van der Waals surface area (Å²) in [5.74, 6) is -0.00514. The summed E-state index contributed by atoms with van der Waals surface area (Å²) >= 11 is 11.7. The number of benzene rings is 1. The van der Waals surface area contributed by atoms with Crippen molar-refractivity contribution in [3.8, 4) is 0 Å². The van der Waals surface area contributed by atoms with Crippen LogP contribution in [0.4, 0.5) is 0 Å². The van der Waals surface area contributed by atoms with Crippen LogP contribution in [0.25, 0.3) is 0 Å². The number of ether oxygens (including phenoxy) is 1. The Morgan fingerprint density at radius 1 is 1.33 bits per heavy atom. The van der Waals surface area contributed by atoms with Gasteiger partial charge in [0, 0.05) is 16.7 Å². The molecule has 18 heavy (non-hydrogen) atoms. The van der Waals surface area contributed by atoms with Gasteiger partial charge in [-0.2, -0.15) is 0 Å². The Kier molecular flexibility index (Phi) is 4.54. The summed E-state index contributed by atoms with van der Waals surface area (Å²) in [6.45, 7) is 0.655. The van der Waals surface area contributed by atoms with Crippen LogP contribution in [-0.2, 0) is 20.3 Å². The van der Waals surface area contributed by atoms with Crippen LogP contribution < -0.4 is 0 Å². The normalized spacial score (nSPS) is 20.2. The van der Waals surface area contributed by atoms with Crippen LogP contribution in [0.5, 0.6) is 0 Å². The number of hydrogen-bond acceptors (Lipinski definition) is 3. The van der Waals surface area contributed by atoms with Crippen LogP contribution in [-0.4, -0.2) is 26.9 Å². The Morgan fingerprint density at radius 3 is 2.72 bits per heavy atom. The van der Waals surface area contributed by atoms with E-state index in [9.17, 15) is 8.42 Å². The summed E-state index contributed by atoms with van der Waals surface area (Å²) in [5.41, 5.74) is 0.582. The second-order valence-corrected chi connectivity index (χ2v) is 7.38. The van der Waals surface area contributed by atoms with E-state index in [2.05, 4.69) is 0 Å². The largest absolute Gasteiger partial charge is 0.377 e. The first kappa shape index (κ1) is 14.1. The molecule has 1 aliphatic rings. The van der Waals surface area contributed by atoms with E-state index in [4.69, 9.17) is 27.9 Å². The van der Waals surface area contributed by atoms with Crippen molar-refractivity contribution in [2.75, 3.05) is 12.4 Å². The van der Waals surface area contributed by atoms with Gasteiger partial charge in [-0.15, -0.1) is 0 Å². The molecule has 0 saturated carbocycles. The average Bonchev–Trinajstić information content (AvgIpc) is 2.74. The zero-order valence-electron chi connectivity index (χ0n) is 9.73. The molecule has 1 aliphatic heterocycles. The molecule has 1 heterocycles. The zero-order valence-corrected chi connectivity index (χ0v) is 12.1. The molecule has 0 aliphatic carbocycles. The molecular weight excluding hydrogens is 295 g/mol. The summed E-state index contributed by atoms with van der Waals surface area (Å²) < 4.78 is 29.4. The van der Waals surface area contributed by atoms with E-state index in [1.165, 1.54) is 0 Å². The molecule has 0 amide bonds. The van der Waals surface area contributed by atoms with Crippen molar-refractivity contribution in [3.63, 3.8) is 0 Å². The molecule has 100 valence electrons. The molecular formula is C12H14Cl2O3S. The molecule has 1 atom stereocenters. The number of rotatable bonds is 4. The van der Waals surface area contributed by atoms with E-state index in [1.54, 1.807) is 18.2 Å². The maximum absolute atomic E-state index is 12.0. The van der Waals surface area contributed by atoms with Crippen molar-refractivity contribution < 1.29 is 13.2 Å². The van der Waals surface area contributed by atoms with Gasteiger partial charge in [-0.1, -0.05) is 29.3 Å². The van der Waals surface area contributed by atoms with E-state index < -0.39 is 9.84 Å². The molecule has 1 unspecified atom stereocenters. The second kappa shape index (κ2) is 5.78. The van der Waals surface area contributed by atoms with E-state index >= 15 is 0 Å². The Bertz CT molecular complexity index is 522. The Morgan fingerprint density at radius 2 is 2.11 bits per heavy atom. The lowest BCUT2D eigenvalue weighted by Crippen LogP contribution is -2.21. The molecule has 0 bridgehead atoms. The maximum atomic E-state index is 12.0. The Balaban J connectivity index is 2.07. The van der Waals surface area contributed by atoms with Gasteiger partial charge >= 0.3 is 0 Å². The van der Waals surface area contributed by atoms with Gasteiger partial charge < -0.3 is 4.74 Å². The van der Waals surface area contributed by atoms with Crippen molar-refractivity contribution in [2.24, 2.45) is 0 Å². The summed E-state index contributed by atoms with van der Waals surface area (Å²) in [7, 11) is -3.21. The standard InChI is InChI=1S/C12H14Cl2O3S/c13-10-4-3-9(12(14)6-10)7-18(15,16)8-11-2-1-5-17-11/h3-4,6,11H,1-2,5,7-8H2. The maximum Gasteiger partial charge on any atom is 0.157 e. The van der Waals surface area contributed by atoms with Crippen molar-refractivity contribution in [1.29, 1.82) is 0 Å². The molecule has 0 N–H and O–H groups in total. The lowest BCUT2D eigenvalue weighted by atomic mass is 10.2. The van der Waals surface area contributed by atoms with Gasteiger partial charge in [0.15, 0.2) is 9.84 Å². The number of sulfone groups is 1. The first-order valence-corrected chi connectivity index (χ1v) is 8.30. The fourth-order valence-corrected chi connectivity index (χ4v) is 4.22. The quantitative estimate of drug-likeness (QED) is 0.858. The molecule has 6 heteroatoms. The molecule has 1 fully saturated rings. The minimum atomic E-state index is -3.21. The Labute approximate surface area is 117 Å². The lowest BCUT2D eigenvalue weighted by Gasteiger charge is -2.11. The van der Waals surface area contributed by atoms with Crippen LogP contribution in [0.1, 0.15) is 18.4 Å². The first-order valence-electron chi connectivity index (χ1n) is 5.72. The van der Waals surface area contributed by atoms with Gasteiger partial charge in [-0.05, 0) is 30.5 Å². The third kappa shape index (κ3) is 3.85. The smallest absolute Gasteiger partial charge is 0.157 e. The molecule has 0 spiro atoms. The minimum Gasteiger partial charge on any atom is -0.377 e. The molecule has 0 aromatic heterocycles.